The molecule has 0 aromatic carbocycles. The van der Waals surface area contributed by atoms with Crippen molar-refractivity contribution in [3.63, 3.8) is 0 Å². The van der Waals surface area contributed by atoms with Gasteiger partial charge in [-0.1, -0.05) is 0 Å². The number of carbonyl (C=O) groups is 3. The van der Waals surface area contributed by atoms with Crippen LogP contribution >= 0.6 is 0 Å². The summed E-state index contributed by atoms with van der Waals surface area (Å²) in [5.41, 5.74) is 5.15. The zero-order valence-electron chi connectivity index (χ0n) is 6.95. The smallest absolute Gasteiger partial charge is 0.320 e. The second-order valence-corrected chi connectivity index (χ2v) is 3.17. The average Bonchev–Trinajstić information content (AvgIpc) is 2.76. The van der Waals surface area contributed by atoms with E-state index in [9.17, 15) is 14.4 Å². The predicted octanol–water partition coefficient (Wildman–Crippen LogP) is -1.57. The third-order valence-electron chi connectivity index (χ3n) is 2.35. The summed E-state index contributed by atoms with van der Waals surface area (Å²) in [4.78, 5) is 31.4. The summed E-state index contributed by atoms with van der Waals surface area (Å²) in [5.74, 6) is -7.40. The number of hydrogen-bond acceptors (Lipinski definition) is 4. The minimum absolute atomic E-state index is 1.01. The first-order valence-electron chi connectivity index (χ1n) is 3.82. The Hall–Kier alpha value is -1.63. The van der Waals surface area contributed by atoms with Crippen molar-refractivity contribution >= 4 is 17.9 Å². The Morgan fingerprint density at radius 3 is 1.57 bits per heavy atom. The Morgan fingerprint density at radius 1 is 1.00 bits per heavy atom. The first-order valence-corrected chi connectivity index (χ1v) is 3.82. The lowest BCUT2D eigenvalue weighted by Crippen LogP contribution is -2.34. The number of nitrogens with two attached hydrogens (primary N) is 1. The van der Waals surface area contributed by atoms with Crippen LogP contribution in [0.3, 0.4) is 0 Å². The van der Waals surface area contributed by atoms with Gasteiger partial charge in [0.05, 0.1) is 11.8 Å². The first-order chi connectivity index (χ1) is 6.37. The second kappa shape index (κ2) is 3.26. The standard InChI is InChI=1S/C7H9NO6/c8-4(7(13)14)1-2(5(9)10)3(1)6(11)12/h1-4H,8H2,(H,9,10)(H,11,12)(H,13,14)/t1?,2-,3?,4?/m1/s1. The van der Waals surface area contributed by atoms with E-state index in [-0.39, 0.29) is 0 Å². The van der Waals surface area contributed by atoms with Gasteiger partial charge >= 0.3 is 17.9 Å². The Labute approximate surface area is 78.1 Å². The average molecular weight is 203 g/mol. The van der Waals surface area contributed by atoms with Crippen LogP contribution in [0, 0.1) is 17.8 Å². The number of rotatable bonds is 4. The van der Waals surface area contributed by atoms with Crippen molar-refractivity contribution in [2.45, 2.75) is 6.04 Å². The van der Waals surface area contributed by atoms with Crippen LogP contribution in [0.15, 0.2) is 0 Å². The lowest BCUT2D eigenvalue weighted by molar-refractivity contribution is -0.144. The van der Waals surface area contributed by atoms with Crippen molar-refractivity contribution in [2.24, 2.45) is 23.5 Å². The minimum Gasteiger partial charge on any atom is -0.481 e. The molecule has 7 heteroatoms. The molecule has 1 aliphatic rings. The second-order valence-electron chi connectivity index (χ2n) is 3.17. The maximum Gasteiger partial charge on any atom is 0.320 e. The molecule has 1 saturated carbocycles. The molecule has 7 nitrogen and oxygen atoms in total. The van der Waals surface area contributed by atoms with E-state index in [0.29, 0.717) is 0 Å². The van der Waals surface area contributed by atoms with Gasteiger partial charge < -0.3 is 21.1 Å². The lowest BCUT2D eigenvalue weighted by atomic mass is 10.1. The molecule has 1 rings (SSSR count). The van der Waals surface area contributed by atoms with Crippen LogP contribution in [-0.2, 0) is 14.4 Å². The number of aliphatic carboxylic acids is 3. The van der Waals surface area contributed by atoms with Crippen LogP contribution in [-0.4, -0.2) is 39.3 Å². The van der Waals surface area contributed by atoms with E-state index in [1.54, 1.807) is 0 Å². The molecular weight excluding hydrogens is 194 g/mol. The van der Waals surface area contributed by atoms with Gasteiger partial charge in [0.2, 0.25) is 0 Å². The van der Waals surface area contributed by atoms with Crippen molar-refractivity contribution in [1.82, 2.24) is 0 Å². The molecule has 5 N–H and O–H groups in total. The van der Waals surface area contributed by atoms with Gasteiger partial charge in [0.25, 0.3) is 0 Å². The molecule has 14 heavy (non-hydrogen) atoms. The van der Waals surface area contributed by atoms with Crippen LogP contribution in [0.1, 0.15) is 0 Å². The summed E-state index contributed by atoms with van der Waals surface area (Å²) in [7, 11) is 0. The maximum absolute atomic E-state index is 10.5. The Kier molecular flexibility index (Phi) is 2.43. The monoisotopic (exact) mass is 203 g/mol. The highest BCUT2D eigenvalue weighted by Gasteiger charge is 2.63. The fraction of sp³-hybridized carbons (Fsp3) is 0.571. The first kappa shape index (κ1) is 10.5. The summed E-state index contributed by atoms with van der Waals surface area (Å²) in [5, 5.41) is 25.6. The van der Waals surface area contributed by atoms with Gasteiger partial charge in [-0.3, -0.25) is 14.4 Å². The molecule has 0 aromatic rings. The molecular formula is C7H9NO6. The van der Waals surface area contributed by atoms with E-state index >= 15 is 0 Å². The minimum atomic E-state index is -1.43. The van der Waals surface area contributed by atoms with Crippen LogP contribution < -0.4 is 5.73 Å². The van der Waals surface area contributed by atoms with Crippen molar-refractivity contribution < 1.29 is 29.7 Å². The van der Waals surface area contributed by atoms with Crippen LogP contribution in [0.25, 0.3) is 0 Å². The molecule has 0 aromatic heterocycles. The van der Waals surface area contributed by atoms with Crippen LogP contribution in [0.2, 0.25) is 0 Å². The molecule has 4 atom stereocenters. The van der Waals surface area contributed by atoms with Crippen molar-refractivity contribution in [3.05, 3.63) is 0 Å². The quantitative estimate of drug-likeness (QED) is 0.433. The van der Waals surface area contributed by atoms with Crippen molar-refractivity contribution in [3.8, 4) is 0 Å². The summed E-state index contributed by atoms with van der Waals surface area (Å²) < 4.78 is 0. The molecule has 0 saturated heterocycles. The summed E-state index contributed by atoms with van der Waals surface area (Å²) >= 11 is 0. The van der Waals surface area contributed by atoms with Gasteiger partial charge in [-0.2, -0.15) is 0 Å². The lowest BCUT2D eigenvalue weighted by Gasteiger charge is -2.02. The fourth-order valence-electron chi connectivity index (χ4n) is 1.58. The van der Waals surface area contributed by atoms with Gasteiger partial charge in [0.15, 0.2) is 0 Å². The zero-order chi connectivity index (χ0) is 11.0. The summed E-state index contributed by atoms with van der Waals surface area (Å²) in [6.07, 6.45) is 0. The molecule has 0 spiro atoms. The van der Waals surface area contributed by atoms with Gasteiger partial charge in [0.1, 0.15) is 6.04 Å². The fourth-order valence-corrected chi connectivity index (χ4v) is 1.58. The molecule has 0 radical (unpaired) electrons. The van der Waals surface area contributed by atoms with Crippen molar-refractivity contribution in [2.75, 3.05) is 0 Å². The SMILES string of the molecule is NC(C(=O)O)C1C(C(=O)O)[C@@H]1C(=O)O. The van der Waals surface area contributed by atoms with Crippen LogP contribution in [0.5, 0.6) is 0 Å². The Morgan fingerprint density at radius 2 is 1.36 bits per heavy atom. The Balaban J connectivity index is 2.77. The highest BCUT2D eigenvalue weighted by atomic mass is 16.4. The number of carboxylic acids is 3. The maximum atomic E-state index is 10.5. The molecule has 3 unspecified atom stereocenters. The van der Waals surface area contributed by atoms with Gasteiger partial charge in [-0.15, -0.1) is 0 Å². The van der Waals surface area contributed by atoms with Gasteiger partial charge in [-0.05, 0) is 0 Å². The third-order valence-corrected chi connectivity index (χ3v) is 2.35. The number of carboxylic acid groups (broad SMARTS) is 3. The highest BCUT2D eigenvalue weighted by molar-refractivity contribution is 5.89. The Bertz CT molecular complexity index is 281. The summed E-state index contributed by atoms with van der Waals surface area (Å²) in [6.45, 7) is 0. The van der Waals surface area contributed by atoms with Crippen molar-refractivity contribution in [1.29, 1.82) is 0 Å². The number of hydrogen-bond donors (Lipinski definition) is 4. The molecule has 1 aliphatic carbocycles. The largest absolute Gasteiger partial charge is 0.481 e. The van der Waals surface area contributed by atoms with E-state index in [4.69, 9.17) is 21.1 Å². The molecule has 1 fully saturated rings. The molecule has 78 valence electrons. The van der Waals surface area contributed by atoms with E-state index in [0.717, 1.165) is 0 Å². The molecule has 0 bridgehead atoms. The van der Waals surface area contributed by atoms with E-state index in [1.807, 2.05) is 0 Å². The molecule has 0 aliphatic heterocycles. The summed E-state index contributed by atoms with van der Waals surface area (Å²) in [6, 6.07) is -1.43. The molecule has 0 heterocycles. The predicted molar refractivity (Wildman–Crippen MR) is 41.4 cm³/mol. The highest BCUT2D eigenvalue weighted by Crippen LogP contribution is 2.48. The van der Waals surface area contributed by atoms with E-state index in [2.05, 4.69) is 0 Å². The molecule has 0 amide bonds. The van der Waals surface area contributed by atoms with Gasteiger partial charge in [-0.25, -0.2) is 0 Å². The third kappa shape index (κ3) is 1.53. The van der Waals surface area contributed by atoms with Gasteiger partial charge in [0, 0.05) is 5.92 Å². The zero-order valence-corrected chi connectivity index (χ0v) is 6.95. The topological polar surface area (TPSA) is 138 Å². The normalized spacial score (nSPS) is 31.9. The van der Waals surface area contributed by atoms with E-state index < -0.39 is 41.7 Å². The van der Waals surface area contributed by atoms with Crippen LogP contribution in [0.4, 0.5) is 0 Å². The van der Waals surface area contributed by atoms with E-state index in [1.165, 1.54) is 0 Å².